The van der Waals surface area contributed by atoms with E-state index in [0.717, 1.165) is 45.6 Å². The molecular formula is C12H25N3O2. The molecule has 0 saturated carbocycles. The Hall–Kier alpha value is -0.650. The Labute approximate surface area is 104 Å². The van der Waals surface area contributed by atoms with Gasteiger partial charge in [0.15, 0.2) is 0 Å². The minimum atomic E-state index is 0.0719. The summed E-state index contributed by atoms with van der Waals surface area (Å²) in [6.07, 6.45) is 2.36. The van der Waals surface area contributed by atoms with Crippen LogP contribution in [0.25, 0.3) is 0 Å². The van der Waals surface area contributed by atoms with E-state index in [0.29, 0.717) is 6.54 Å². The van der Waals surface area contributed by atoms with Crippen molar-refractivity contribution in [2.24, 2.45) is 0 Å². The first-order chi connectivity index (χ1) is 8.22. The maximum Gasteiger partial charge on any atom is 0.233 e. The average molecular weight is 243 g/mol. The van der Waals surface area contributed by atoms with Gasteiger partial charge in [-0.2, -0.15) is 0 Å². The standard InChI is InChI=1S/C12H25N3O2/c1-3-4-5-14-12(16)9-13-8-11-10-15(2)6-7-17-11/h11,13H,3-10H2,1-2H3,(H,14,16). The van der Waals surface area contributed by atoms with Crippen molar-refractivity contribution in [3.63, 3.8) is 0 Å². The Bertz CT molecular complexity index is 224. The fraction of sp³-hybridized carbons (Fsp3) is 0.917. The van der Waals surface area contributed by atoms with Crippen molar-refractivity contribution in [2.45, 2.75) is 25.9 Å². The van der Waals surface area contributed by atoms with Gasteiger partial charge in [-0.25, -0.2) is 0 Å². The molecule has 5 heteroatoms. The van der Waals surface area contributed by atoms with E-state index < -0.39 is 0 Å². The normalized spacial score (nSPS) is 21.4. The van der Waals surface area contributed by atoms with Gasteiger partial charge in [-0.1, -0.05) is 13.3 Å². The third kappa shape index (κ3) is 6.61. The summed E-state index contributed by atoms with van der Waals surface area (Å²) in [6, 6.07) is 0. The highest BCUT2D eigenvalue weighted by Gasteiger charge is 2.17. The number of nitrogens with zero attached hydrogens (tertiary/aromatic N) is 1. The largest absolute Gasteiger partial charge is 0.374 e. The predicted molar refractivity (Wildman–Crippen MR) is 68.0 cm³/mol. The zero-order valence-corrected chi connectivity index (χ0v) is 11.0. The molecule has 0 aliphatic carbocycles. The highest BCUT2D eigenvalue weighted by molar-refractivity contribution is 5.77. The fourth-order valence-corrected chi connectivity index (χ4v) is 1.80. The lowest BCUT2D eigenvalue weighted by molar-refractivity contribution is -0.120. The fourth-order valence-electron chi connectivity index (χ4n) is 1.80. The molecule has 0 radical (unpaired) electrons. The first-order valence-electron chi connectivity index (χ1n) is 6.50. The van der Waals surface area contributed by atoms with Crippen molar-refractivity contribution >= 4 is 5.91 Å². The minimum Gasteiger partial charge on any atom is -0.374 e. The molecule has 1 unspecified atom stereocenters. The maximum atomic E-state index is 11.4. The molecule has 17 heavy (non-hydrogen) atoms. The van der Waals surface area contributed by atoms with Gasteiger partial charge >= 0.3 is 0 Å². The molecule has 1 aliphatic heterocycles. The van der Waals surface area contributed by atoms with Crippen LogP contribution in [0.2, 0.25) is 0 Å². The second-order valence-corrected chi connectivity index (χ2v) is 4.59. The molecule has 100 valence electrons. The van der Waals surface area contributed by atoms with Crippen LogP contribution in [0, 0.1) is 0 Å². The summed E-state index contributed by atoms with van der Waals surface area (Å²) in [5, 5.41) is 6.02. The summed E-state index contributed by atoms with van der Waals surface area (Å²) >= 11 is 0. The van der Waals surface area contributed by atoms with E-state index in [1.165, 1.54) is 0 Å². The molecule has 1 fully saturated rings. The van der Waals surface area contributed by atoms with Crippen LogP contribution in [0.15, 0.2) is 0 Å². The summed E-state index contributed by atoms with van der Waals surface area (Å²) in [6.45, 7) is 6.73. The van der Waals surface area contributed by atoms with Crippen LogP contribution in [-0.4, -0.2) is 63.3 Å². The number of carbonyl (C=O) groups is 1. The van der Waals surface area contributed by atoms with E-state index in [1.807, 2.05) is 0 Å². The van der Waals surface area contributed by atoms with E-state index >= 15 is 0 Å². The van der Waals surface area contributed by atoms with Gasteiger partial charge in [-0.05, 0) is 13.5 Å². The first kappa shape index (κ1) is 14.4. The van der Waals surface area contributed by atoms with Gasteiger partial charge < -0.3 is 20.3 Å². The summed E-state index contributed by atoms with van der Waals surface area (Å²) in [4.78, 5) is 13.6. The van der Waals surface area contributed by atoms with Crippen LogP contribution in [0.3, 0.4) is 0 Å². The lowest BCUT2D eigenvalue weighted by Gasteiger charge is -2.30. The molecule has 0 aromatic rings. The van der Waals surface area contributed by atoms with Crippen LogP contribution >= 0.6 is 0 Å². The molecule has 0 spiro atoms. The van der Waals surface area contributed by atoms with Crippen molar-refractivity contribution in [3.8, 4) is 0 Å². The quantitative estimate of drug-likeness (QED) is 0.609. The van der Waals surface area contributed by atoms with E-state index in [-0.39, 0.29) is 12.0 Å². The van der Waals surface area contributed by atoms with Crippen LogP contribution in [0.1, 0.15) is 19.8 Å². The Morgan fingerprint density at radius 1 is 1.53 bits per heavy atom. The van der Waals surface area contributed by atoms with E-state index in [2.05, 4.69) is 29.5 Å². The smallest absolute Gasteiger partial charge is 0.233 e. The number of carbonyl (C=O) groups excluding carboxylic acids is 1. The summed E-state index contributed by atoms with van der Waals surface area (Å²) < 4.78 is 5.59. The molecule has 1 heterocycles. The first-order valence-corrected chi connectivity index (χ1v) is 6.50. The summed E-state index contributed by atoms with van der Waals surface area (Å²) in [5.74, 6) is 0.0719. The van der Waals surface area contributed by atoms with E-state index in [4.69, 9.17) is 4.74 Å². The molecule has 1 saturated heterocycles. The highest BCUT2D eigenvalue weighted by atomic mass is 16.5. The van der Waals surface area contributed by atoms with Crippen LogP contribution < -0.4 is 10.6 Å². The number of morpholine rings is 1. The highest BCUT2D eigenvalue weighted by Crippen LogP contribution is 2.01. The van der Waals surface area contributed by atoms with E-state index in [9.17, 15) is 4.79 Å². The number of nitrogens with one attached hydrogen (secondary N) is 2. The number of rotatable bonds is 7. The third-order valence-electron chi connectivity index (χ3n) is 2.85. The molecule has 0 aromatic carbocycles. The molecule has 1 rings (SSSR count). The summed E-state index contributed by atoms with van der Waals surface area (Å²) in [7, 11) is 2.09. The Morgan fingerprint density at radius 3 is 3.06 bits per heavy atom. The minimum absolute atomic E-state index is 0.0719. The summed E-state index contributed by atoms with van der Waals surface area (Å²) in [5.41, 5.74) is 0. The second-order valence-electron chi connectivity index (χ2n) is 4.59. The Balaban J connectivity index is 2.00. The average Bonchev–Trinajstić information content (AvgIpc) is 2.29. The Morgan fingerprint density at radius 2 is 2.35 bits per heavy atom. The molecule has 2 N–H and O–H groups in total. The van der Waals surface area contributed by atoms with Crippen LogP contribution in [0.4, 0.5) is 0 Å². The number of likely N-dealkylation sites (N-methyl/N-ethyl adjacent to an activating group) is 1. The third-order valence-corrected chi connectivity index (χ3v) is 2.85. The SMILES string of the molecule is CCCCNC(=O)CNCC1CN(C)CCO1. The van der Waals surface area contributed by atoms with Crippen molar-refractivity contribution in [1.29, 1.82) is 0 Å². The van der Waals surface area contributed by atoms with Gasteiger partial charge in [-0.3, -0.25) is 4.79 Å². The van der Waals surface area contributed by atoms with E-state index in [1.54, 1.807) is 0 Å². The Kier molecular flexibility index (Phi) is 7.16. The van der Waals surface area contributed by atoms with Gasteiger partial charge in [0.25, 0.3) is 0 Å². The van der Waals surface area contributed by atoms with Crippen molar-refractivity contribution in [1.82, 2.24) is 15.5 Å². The number of unbranched alkanes of at least 4 members (excludes halogenated alkanes) is 1. The van der Waals surface area contributed by atoms with Crippen LogP contribution in [-0.2, 0) is 9.53 Å². The van der Waals surface area contributed by atoms with Crippen LogP contribution in [0.5, 0.6) is 0 Å². The zero-order chi connectivity index (χ0) is 12.5. The molecule has 0 aromatic heterocycles. The van der Waals surface area contributed by atoms with Crippen molar-refractivity contribution in [2.75, 3.05) is 46.4 Å². The van der Waals surface area contributed by atoms with Gasteiger partial charge in [0.1, 0.15) is 0 Å². The maximum absolute atomic E-state index is 11.4. The number of hydrogen-bond acceptors (Lipinski definition) is 4. The lowest BCUT2D eigenvalue weighted by atomic mass is 10.3. The molecule has 5 nitrogen and oxygen atoms in total. The lowest BCUT2D eigenvalue weighted by Crippen LogP contribution is -2.46. The van der Waals surface area contributed by atoms with Gasteiger partial charge in [0.2, 0.25) is 5.91 Å². The monoisotopic (exact) mass is 243 g/mol. The van der Waals surface area contributed by atoms with Gasteiger partial charge in [0, 0.05) is 26.2 Å². The number of amides is 1. The topological polar surface area (TPSA) is 53.6 Å². The molecular weight excluding hydrogens is 218 g/mol. The predicted octanol–water partition coefficient (Wildman–Crippen LogP) is -0.177. The second kappa shape index (κ2) is 8.44. The molecule has 0 bridgehead atoms. The number of hydrogen-bond donors (Lipinski definition) is 2. The van der Waals surface area contributed by atoms with Crippen molar-refractivity contribution in [3.05, 3.63) is 0 Å². The molecule has 1 aliphatic rings. The number of ether oxygens (including phenoxy) is 1. The zero-order valence-electron chi connectivity index (χ0n) is 11.0. The molecule has 1 amide bonds. The molecule has 1 atom stereocenters. The van der Waals surface area contributed by atoms with Gasteiger partial charge in [0.05, 0.1) is 19.3 Å². The van der Waals surface area contributed by atoms with Crippen molar-refractivity contribution < 1.29 is 9.53 Å². The van der Waals surface area contributed by atoms with Gasteiger partial charge in [-0.15, -0.1) is 0 Å².